The molecule has 9 heteroatoms. The molecular formula is C15H12Cl2N2O4S. The van der Waals surface area contributed by atoms with Gasteiger partial charge in [-0.05, 0) is 12.1 Å². The van der Waals surface area contributed by atoms with Crippen LogP contribution < -0.4 is 0 Å². The molecule has 6 nitrogen and oxygen atoms in total. The molecule has 2 heterocycles. The van der Waals surface area contributed by atoms with Gasteiger partial charge in [-0.15, -0.1) is 11.3 Å². The van der Waals surface area contributed by atoms with Gasteiger partial charge >= 0.3 is 5.97 Å². The van der Waals surface area contributed by atoms with Crippen molar-refractivity contribution >= 4 is 46.4 Å². The molecule has 1 N–H and O–H groups in total. The van der Waals surface area contributed by atoms with E-state index in [2.05, 4.69) is 4.98 Å². The number of rotatable bonds is 3. The minimum atomic E-state index is -1.08. The Balaban J connectivity index is 1.78. The number of ether oxygens (including phenoxy) is 1. The highest BCUT2D eigenvalue weighted by Crippen LogP contribution is 2.30. The standard InChI is InChI=1S/C15H12Cl2N2O4S/c16-9-2-1-8(5-10(9)17)13-18-11(7-24-13)14(20)19-3-4-23-12(6-19)15(21)22/h1-2,5,7,12H,3-4,6H2,(H,21,22)/t12-/m1/s1. The maximum atomic E-state index is 12.5. The predicted molar refractivity (Wildman–Crippen MR) is 90.8 cm³/mol. The third kappa shape index (κ3) is 3.54. The molecule has 0 saturated carbocycles. The Labute approximate surface area is 151 Å². The lowest BCUT2D eigenvalue weighted by atomic mass is 10.2. The van der Waals surface area contributed by atoms with E-state index in [-0.39, 0.29) is 24.8 Å². The maximum Gasteiger partial charge on any atom is 0.334 e. The van der Waals surface area contributed by atoms with E-state index in [1.54, 1.807) is 23.6 Å². The number of benzene rings is 1. The summed E-state index contributed by atoms with van der Waals surface area (Å²) in [6.45, 7) is 0.530. The van der Waals surface area contributed by atoms with Gasteiger partial charge in [0.05, 0.1) is 23.2 Å². The summed E-state index contributed by atoms with van der Waals surface area (Å²) in [5.74, 6) is -1.39. The van der Waals surface area contributed by atoms with Crippen molar-refractivity contribution in [3.05, 3.63) is 39.3 Å². The topological polar surface area (TPSA) is 79.7 Å². The molecule has 1 amide bonds. The van der Waals surface area contributed by atoms with Crippen molar-refractivity contribution in [1.82, 2.24) is 9.88 Å². The fraction of sp³-hybridized carbons (Fsp3) is 0.267. The van der Waals surface area contributed by atoms with Crippen molar-refractivity contribution in [2.45, 2.75) is 6.10 Å². The van der Waals surface area contributed by atoms with Gasteiger partial charge in [0.2, 0.25) is 0 Å². The summed E-state index contributed by atoms with van der Waals surface area (Å²) in [6, 6.07) is 5.13. The van der Waals surface area contributed by atoms with Crippen LogP contribution in [0.15, 0.2) is 23.6 Å². The zero-order valence-corrected chi connectivity index (χ0v) is 14.6. The van der Waals surface area contributed by atoms with Crippen LogP contribution in [0, 0.1) is 0 Å². The molecule has 1 atom stereocenters. The van der Waals surface area contributed by atoms with Gasteiger partial charge in [-0.25, -0.2) is 9.78 Å². The lowest BCUT2D eigenvalue weighted by molar-refractivity contribution is -0.154. The van der Waals surface area contributed by atoms with Crippen molar-refractivity contribution < 1.29 is 19.4 Å². The smallest absolute Gasteiger partial charge is 0.334 e. The van der Waals surface area contributed by atoms with Crippen LogP contribution in [0.4, 0.5) is 0 Å². The van der Waals surface area contributed by atoms with Crippen LogP contribution in [0.5, 0.6) is 0 Å². The van der Waals surface area contributed by atoms with Crippen molar-refractivity contribution in [3.8, 4) is 10.6 Å². The Morgan fingerprint density at radius 3 is 2.83 bits per heavy atom. The molecule has 2 aromatic rings. The van der Waals surface area contributed by atoms with Crippen LogP contribution >= 0.6 is 34.5 Å². The molecule has 3 rings (SSSR count). The zero-order valence-electron chi connectivity index (χ0n) is 12.2. The van der Waals surface area contributed by atoms with Gasteiger partial charge in [-0.2, -0.15) is 0 Å². The van der Waals surface area contributed by atoms with E-state index in [0.29, 0.717) is 21.6 Å². The first-order valence-corrected chi connectivity index (χ1v) is 8.64. The van der Waals surface area contributed by atoms with E-state index < -0.39 is 12.1 Å². The van der Waals surface area contributed by atoms with Gasteiger partial charge < -0.3 is 14.7 Å². The van der Waals surface area contributed by atoms with Gasteiger partial charge in [0.15, 0.2) is 6.10 Å². The lowest BCUT2D eigenvalue weighted by Gasteiger charge is -2.30. The van der Waals surface area contributed by atoms with Crippen LogP contribution in [0.2, 0.25) is 10.0 Å². The summed E-state index contributed by atoms with van der Waals surface area (Å²) in [5, 5.41) is 12.2. The van der Waals surface area contributed by atoms with E-state index in [9.17, 15) is 9.59 Å². The molecule has 1 fully saturated rings. The number of halogens is 2. The molecule has 0 bridgehead atoms. The number of carboxylic acid groups (broad SMARTS) is 1. The second-order valence-corrected chi connectivity index (χ2v) is 6.79. The first-order valence-electron chi connectivity index (χ1n) is 7.00. The number of carbonyl (C=O) groups excluding carboxylic acids is 1. The van der Waals surface area contributed by atoms with Gasteiger partial charge in [0.25, 0.3) is 5.91 Å². The number of carbonyl (C=O) groups is 2. The molecule has 1 aromatic carbocycles. The van der Waals surface area contributed by atoms with Crippen LogP contribution in [0.25, 0.3) is 10.6 Å². The Morgan fingerprint density at radius 2 is 2.12 bits per heavy atom. The number of hydrogen-bond donors (Lipinski definition) is 1. The third-order valence-corrected chi connectivity index (χ3v) is 5.15. The van der Waals surface area contributed by atoms with Crippen LogP contribution in [-0.2, 0) is 9.53 Å². The number of carboxylic acids is 1. The summed E-state index contributed by atoms with van der Waals surface area (Å²) in [6.07, 6.45) is -1.00. The zero-order chi connectivity index (χ0) is 17.3. The molecule has 126 valence electrons. The van der Waals surface area contributed by atoms with Gasteiger partial charge in [-0.3, -0.25) is 4.79 Å². The van der Waals surface area contributed by atoms with Crippen molar-refractivity contribution in [2.24, 2.45) is 0 Å². The first-order chi connectivity index (χ1) is 11.5. The maximum absolute atomic E-state index is 12.5. The Kier molecular flexibility index (Phi) is 5.05. The summed E-state index contributed by atoms with van der Waals surface area (Å²) >= 11 is 13.2. The van der Waals surface area contributed by atoms with Crippen molar-refractivity contribution in [2.75, 3.05) is 19.7 Å². The molecular weight excluding hydrogens is 375 g/mol. The molecule has 0 spiro atoms. The van der Waals surface area contributed by atoms with Gasteiger partial charge in [-0.1, -0.05) is 29.3 Å². The number of aromatic nitrogens is 1. The Hall–Kier alpha value is -1.67. The van der Waals surface area contributed by atoms with Crippen LogP contribution in [0.3, 0.4) is 0 Å². The van der Waals surface area contributed by atoms with E-state index >= 15 is 0 Å². The lowest BCUT2D eigenvalue weighted by Crippen LogP contribution is -2.48. The number of thiazole rings is 1. The molecule has 0 radical (unpaired) electrons. The second-order valence-electron chi connectivity index (χ2n) is 5.12. The quantitative estimate of drug-likeness (QED) is 0.876. The van der Waals surface area contributed by atoms with E-state index in [4.69, 9.17) is 33.0 Å². The molecule has 1 aliphatic heterocycles. The van der Waals surface area contributed by atoms with E-state index in [1.165, 1.54) is 16.2 Å². The van der Waals surface area contributed by atoms with E-state index in [1.807, 2.05) is 0 Å². The molecule has 24 heavy (non-hydrogen) atoms. The fourth-order valence-corrected chi connectivity index (χ4v) is 3.37. The number of morpholine rings is 1. The van der Waals surface area contributed by atoms with Gasteiger partial charge in [0, 0.05) is 17.5 Å². The first kappa shape index (κ1) is 17.2. The van der Waals surface area contributed by atoms with Crippen molar-refractivity contribution in [3.63, 3.8) is 0 Å². The normalized spacial score (nSPS) is 17.8. The molecule has 1 saturated heterocycles. The molecule has 0 aliphatic carbocycles. The van der Waals surface area contributed by atoms with E-state index in [0.717, 1.165) is 5.56 Å². The number of aliphatic carboxylic acids is 1. The highest BCUT2D eigenvalue weighted by molar-refractivity contribution is 7.13. The molecule has 1 aromatic heterocycles. The minimum absolute atomic E-state index is 0.00774. The molecule has 0 unspecified atom stereocenters. The van der Waals surface area contributed by atoms with Crippen LogP contribution in [0.1, 0.15) is 10.5 Å². The fourth-order valence-electron chi connectivity index (χ4n) is 2.28. The Bertz CT molecular complexity index is 796. The minimum Gasteiger partial charge on any atom is -0.479 e. The highest BCUT2D eigenvalue weighted by Gasteiger charge is 2.30. The number of hydrogen-bond acceptors (Lipinski definition) is 5. The largest absolute Gasteiger partial charge is 0.479 e. The van der Waals surface area contributed by atoms with Gasteiger partial charge in [0.1, 0.15) is 10.7 Å². The van der Waals surface area contributed by atoms with Crippen molar-refractivity contribution in [1.29, 1.82) is 0 Å². The highest BCUT2D eigenvalue weighted by atomic mass is 35.5. The molecule has 1 aliphatic rings. The average molecular weight is 387 g/mol. The summed E-state index contributed by atoms with van der Waals surface area (Å²) in [4.78, 5) is 29.3. The number of amides is 1. The Morgan fingerprint density at radius 1 is 1.33 bits per heavy atom. The summed E-state index contributed by atoms with van der Waals surface area (Å²) in [5.41, 5.74) is 1.03. The monoisotopic (exact) mass is 386 g/mol. The summed E-state index contributed by atoms with van der Waals surface area (Å²) < 4.78 is 5.12. The number of nitrogens with zero attached hydrogens (tertiary/aromatic N) is 2. The summed E-state index contributed by atoms with van der Waals surface area (Å²) in [7, 11) is 0. The second kappa shape index (κ2) is 7.06. The van der Waals surface area contributed by atoms with Crippen LogP contribution in [-0.4, -0.2) is 52.7 Å². The predicted octanol–water partition coefficient (Wildman–Crippen LogP) is 3.04. The SMILES string of the molecule is O=C(O)[C@H]1CN(C(=O)c2csc(-c3ccc(Cl)c(Cl)c3)n2)CCO1. The average Bonchev–Trinajstić information content (AvgIpc) is 3.06. The third-order valence-electron chi connectivity index (χ3n) is 3.52.